The number of hydrogen-bond donors (Lipinski definition) is 3. The Morgan fingerprint density at radius 3 is 2.52 bits per heavy atom. The minimum absolute atomic E-state index is 0.0160. The molecule has 0 aliphatic rings. The zero-order chi connectivity index (χ0) is 22.4. The van der Waals surface area contributed by atoms with E-state index in [2.05, 4.69) is 25.3 Å². The molecule has 3 rings (SSSR count). The lowest BCUT2D eigenvalue weighted by atomic mass is 10.1. The molecule has 164 valence electrons. The van der Waals surface area contributed by atoms with Crippen LogP contribution in [0.1, 0.15) is 6.42 Å². The molecule has 0 radical (unpaired) electrons. The van der Waals surface area contributed by atoms with Crippen LogP contribution in [0.4, 0.5) is 30.6 Å². The van der Waals surface area contributed by atoms with Crippen molar-refractivity contribution in [2.75, 3.05) is 23.8 Å². The molecule has 0 unspecified atom stereocenters. The first-order valence-corrected chi connectivity index (χ1v) is 9.81. The molecule has 3 N–H and O–H groups in total. The van der Waals surface area contributed by atoms with Crippen molar-refractivity contribution < 1.29 is 23.0 Å². The van der Waals surface area contributed by atoms with Gasteiger partial charge in [-0.3, -0.25) is 0 Å². The number of nitrogens with zero attached hydrogens (tertiary/aromatic N) is 2. The van der Waals surface area contributed by atoms with Crippen molar-refractivity contribution in [2.45, 2.75) is 12.8 Å². The molecular weight excluding hydrogens is 456 g/mol. The predicted molar refractivity (Wildman–Crippen MR) is 114 cm³/mol. The van der Waals surface area contributed by atoms with Crippen molar-refractivity contribution in [3.63, 3.8) is 0 Å². The van der Waals surface area contributed by atoms with Crippen molar-refractivity contribution in [1.29, 1.82) is 0 Å². The maximum absolute atomic E-state index is 12.6. The lowest BCUT2D eigenvalue weighted by Crippen LogP contribution is -2.17. The standard InChI is InChI=1S/C20H17Cl2F3N4O2/c21-15-6-5-13(10-16(15)22)27-18-11-17(28-19(29-18)26-7-2-8-30)12-3-1-4-14(9-12)31-20(23,24)25/h1,3-6,9-11,30H,2,7-8H2,(H2,26,27,28,29). The lowest BCUT2D eigenvalue weighted by Gasteiger charge is -2.13. The Kier molecular flexibility index (Phi) is 7.42. The van der Waals surface area contributed by atoms with Crippen LogP contribution in [0.2, 0.25) is 10.0 Å². The van der Waals surface area contributed by atoms with Gasteiger partial charge in [0.15, 0.2) is 0 Å². The Morgan fingerprint density at radius 1 is 1.00 bits per heavy atom. The minimum atomic E-state index is -4.80. The van der Waals surface area contributed by atoms with Crippen LogP contribution in [-0.2, 0) is 0 Å². The number of aliphatic hydroxyl groups is 1. The van der Waals surface area contributed by atoms with Crippen molar-refractivity contribution in [3.05, 3.63) is 58.6 Å². The largest absolute Gasteiger partial charge is 0.573 e. The van der Waals surface area contributed by atoms with E-state index in [1.807, 2.05) is 0 Å². The maximum atomic E-state index is 12.6. The Balaban J connectivity index is 1.95. The van der Waals surface area contributed by atoms with Crippen molar-refractivity contribution in [2.24, 2.45) is 0 Å². The summed E-state index contributed by atoms with van der Waals surface area (Å²) >= 11 is 12.0. The van der Waals surface area contributed by atoms with E-state index in [1.165, 1.54) is 18.2 Å². The average molecular weight is 473 g/mol. The van der Waals surface area contributed by atoms with Crippen molar-refractivity contribution in [1.82, 2.24) is 9.97 Å². The molecule has 11 heteroatoms. The van der Waals surface area contributed by atoms with Crippen LogP contribution in [0.3, 0.4) is 0 Å². The number of nitrogens with one attached hydrogen (secondary N) is 2. The number of benzene rings is 2. The summed E-state index contributed by atoms with van der Waals surface area (Å²) in [5.41, 5.74) is 1.36. The number of aromatic nitrogens is 2. The van der Waals surface area contributed by atoms with Crippen LogP contribution in [0.15, 0.2) is 48.5 Å². The van der Waals surface area contributed by atoms with E-state index >= 15 is 0 Å². The van der Waals surface area contributed by atoms with Crippen LogP contribution in [0.5, 0.6) is 5.75 Å². The SMILES string of the molecule is OCCCNc1nc(Nc2ccc(Cl)c(Cl)c2)cc(-c2cccc(OC(F)(F)F)c2)n1. The van der Waals surface area contributed by atoms with E-state index in [0.717, 1.165) is 0 Å². The number of ether oxygens (including phenoxy) is 1. The van der Waals surface area contributed by atoms with E-state index in [0.29, 0.717) is 45.8 Å². The third-order valence-corrected chi connectivity index (χ3v) is 4.64. The number of rotatable bonds is 8. The summed E-state index contributed by atoms with van der Waals surface area (Å²) in [4.78, 5) is 8.72. The molecule has 3 aromatic rings. The molecule has 0 saturated carbocycles. The number of halogens is 5. The molecule has 1 aromatic heterocycles. The van der Waals surface area contributed by atoms with E-state index < -0.39 is 6.36 Å². The summed E-state index contributed by atoms with van der Waals surface area (Å²) in [5, 5.41) is 15.8. The zero-order valence-corrected chi connectivity index (χ0v) is 17.4. The average Bonchev–Trinajstić information content (AvgIpc) is 2.70. The van der Waals surface area contributed by atoms with Gasteiger partial charge in [-0.15, -0.1) is 13.2 Å². The summed E-state index contributed by atoms with van der Waals surface area (Å²) in [6.07, 6.45) is -4.33. The highest BCUT2D eigenvalue weighted by Crippen LogP contribution is 2.30. The van der Waals surface area contributed by atoms with E-state index in [1.54, 1.807) is 30.3 Å². The first kappa shape index (κ1) is 22.9. The highest BCUT2D eigenvalue weighted by atomic mass is 35.5. The third-order valence-electron chi connectivity index (χ3n) is 3.90. The predicted octanol–water partition coefficient (Wildman–Crippen LogP) is 5.89. The Hall–Kier alpha value is -2.75. The van der Waals surface area contributed by atoms with Crippen molar-refractivity contribution >= 4 is 40.7 Å². The smallest absolute Gasteiger partial charge is 0.406 e. The normalized spacial score (nSPS) is 11.3. The van der Waals surface area contributed by atoms with Crippen LogP contribution < -0.4 is 15.4 Å². The number of hydrogen-bond acceptors (Lipinski definition) is 6. The fraction of sp³-hybridized carbons (Fsp3) is 0.200. The Morgan fingerprint density at radius 2 is 1.81 bits per heavy atom. The molecule has 0 fully saturated rings. The van der Waals surface area contributed by atoms with Gasteiger partial charge in [-0.05, 0) is 36.8 Å². The van der Waals surface area contributed by atoms with E-state index in [9.17, 15) is 13.2 Å². The van der Waals surface area contributed by atoms with Gasteiger partial charge in [-0.1, -0.05) is 35.3 Å². The fourth-order valence-electron chi connectivity index (χ4n) is 2.59. The van der Waals surface area contributed by atoms with Gasteiger partial charge in [0, 0.05) is 30.5 Å². The third kappa shape index (κ3) is 6.88. The monoisotopic (exact) mass is 472 g/mol. The molecule has 0 saturated heterocycles. The molecule has 0 aliphatic heterocycles. The van der Waals surface area contributed by atoms with Crippen LogP contribution in [0.25, 0.3) is 11.3 Å². The van der Waals surface area contributed by atoms with Gasteiger partial charge < -0.3 is 20.5 Å². The van der Waals surface area contributed by atoms with Crippen LogP contribution >= 0.6 is 23.2 Å². The molecule has 0 atom stereocenters. The highest BCUT2D eigenvalue weighted by Gasteiger charge is 2.31. The summed E-state index contributed by atoms with van der Waals surface area (Å²) < 4.78 is 41.7. The van der Waals surface area contributed by atoms with Gasteiger partial charge in [0.2, 0.25) is 5.95 Å². The molecular formula is C20H17Cl2F3N4O2. The zero-order valence-electron chi connectivity index (χ0n) is 15.9. The second-order valence-corrected chi connectivity index (χ2v) is 7.11. The number of anilines is 3. The Bertz CT molecular complexity index is 1050. The van der Waals surface area contributed by atoms with Gasteiger partial charge in [-0.25, -0.2) is 4.98 Å². The summed E-state index contributed by atoms with van der Waals surface area (Å²) in [6, 6.07) is 12.0. The number of aliphatic hydroxyl groups excluding tert-OH is 1. The molecule has 0 bridgehead atoms. The van der Waals surface area contributed by atoms with Crippen LogP contribution in [-0.4, -0.2) is 34.6 Å². The molecule has 0 spiro atoms. The van der Waals surface area contributed by atoms with Crippen LogP contribution in [0, 0.1) is 0 Å². The molecule has 1 heterocycles. The second kappa shape index (κ2) is 10.0. The Labute approximate surface area is 186 Å². The van der Waals surface area contributed by atoms with Crippen molar-refractivity contribution in [3.8, 4) is 17.0 Å². The van der Waals surface area contributed by atoms with Gasteiger partial charge >= 0.3 is 6.36 Å². The molecule has 0 amide bonds. The minimum Gasteiger partial charge on any atom is -0.406 e. The highest BCUT2D eigenvalue weighted by molar-refractivity contribution is 6.42. The summed E-state index contributed by atoms with van der Waals surface area (Å²) in [6.45, 7) is 0.390. The topological polar surface area (TPSA) is 79.3 Å². The lowest BCUT2D eigenvalue weighted by molar-refractivity contribution is -0.274. The molecule has 6 nitrogen and oxygen atoms in total. The number of alkyl halides is 3. The van der Waals surface area contributed by atoms with Gasteiger partial charge in [0.1, 0.15) is 11.6 Å². The second-order valence-electron chi connectivity index (χ2n) is 6.30. The molecule has 0 aliphatic carbocycles. The van der Waals surface area contributed by atoms with Gasteiger partial charge in [0.25, 0.3) is 0 Å². The first-order chi connectivity index (χ1) is 14.7. The fourth-order valence-corrected chi connectivity index (χ4v) is 2.89. The first-order valence-electron chi connectivity index (χ1n) is 9.05. The van der Waals surface area contributed by atoms with E-state index in [-0.39, 0.29) is 18.3 Å². The quantitative estimate of drug-likeness (QED) is 0.355. The molecule has 2 aromatic carbocycles. The van der Waals surface area contributed by atoms with Gasteiger partial charge in [-0.2, -0.15) is 4.98 Å². The van der Waals surface area contributed by atoms with Gasteiger partial charge in [0.05, 0.1) is 15.7 Å². The summed E-state index contributed by atoms with van der Waals surface area (Å²) in [5.74, 6) is 0.241. The summed E-state index contributed by atoms with van der Waals surface area (Å²) in [7, 11) is 0. The maximum Gasteiger partial charge on any atom is 0.573 e. The molecule has 31 heavy (non-hydrogen) atoms. The van der Waals surface area contributed by atoms with E-state index in [4.69, 9.17) is 28.3 Å².